The summed E-state index contributed by atoms with van der Waals surface area (Å²) in [7, 11) is -3.86. The highest BCUT2D eigenvalue weighted by Crippen LogP contribution is 2.42. The summed E-state index contributed by atoms with van der Waals surface area (Å²) in [6.45, 7) is 6.31. The number of benzene rings is 3. The predicted octanol–water partition coefficient (Wildman–Crippen LogP) is 7.29. The highest BCUT2D eigenvalue weighted by Gasteiger charge is 2.51. The normalized spacial score (nSPS) is 12.9. The van der Waals surface area contributed by atoms with E-state index in [0.29, 0.717) is 0 Å². The van der Waals surface area contributed by atoms with Crippen molar-refractivity contribution in [3.63, 3.8) is 0 Å². The number of hydrogen-bond donors (Lipinski definition) is 0. The first-order valence-corrected chi connectivity index (χ1v) is 14.9. The van der Waals surface area contributed by atoms with Gasteiger partial charge in [0.05, 0.1) is 0 Å². The van der Waals surface area contributed by atoms with Crippen molar-refractivity contribution >= 4 is 30.6 Å². The summed E-state index contributed by atoms with van der Waals surface area (Å²) in [5.41, 5.74) is -7.66. The molecule has 0 unspecified atom stereocenters. The maximum absolute atomic E-state index is 15.5. The summed E-state index contributed by atoms with van der Waals surface area (Å²) in [6.07, 6.45) is -5.51. The van der Waals surface area contributed by atoms with Crippen LogP contribution in [0.3, 0.4) is 0 Å². The predicted molar refractivity (Wildman–Crippen MR) is 125 cm³/mol. The standard InChI is InChI=1S/C25H17BF15Si/c1-25(2,3)42(4,5)6-26(7-10(27)16(33)22(39)17(34)11(7)28,8-12(29)18(35)23(40)19(36)13(8)30)9-14(31)20(37)24(41)21(38)15(9)32/h6H2,1-5H3/q-1. The van der Waals surface area contributed by atoms with E-state index in [9.17, 15) is 39.5 Å². The molecule has 0 nitrogen and oxygen atoms in total. The van der Waals surface area contributed by atoms with Gasteiger partial charge in [-0.2, -0.15) is 5.94 Å². The van der Waals surface area contributed by atoms with Crippen LogP contribution in [0.4, 0.5) is 65.9 Å². The monoisotopic (exact) mass is 641 g/mol. The van der Waals surface area contributed by atoms with Crippen molar-refractivity contribution in [1.29, 1.82) is 0 Å². The first kappa shape index (κ1) is 33.4. The zero-order valence-corrected chi connectivity index (χ0v) is 23.0. The molecule has 0 bridgehead atoms. The van der Waals surface area contributed by atoms with E-state index in [0.717, 1.165) is 13.1 Å². The fraction of sp³-hybridized carbons (Fsp3) is 0.280. The van der Waals surface area contributed by atoms with Crippen molar-refractivity contribution in [2.75, 3.05) is 0 Å². The van der Waals surface area contributed by atoms with Gasteiger partial charge < -0.3 is 0 Å². The van der Waals surface area contributed by atoms with E-state index in [1.807, 2.05) is 0 Å². The smallest absolute Gasteiger partial charge is 0.200 e. The van der Waals surface area contributed by atoms with Crippen LogP contribution in [-0.2, 0) is 0 Å². The van der Waals surface area contributed by atoms with E-state index in [4.69, 9.17) is 0 Å². The maximum Gasteiger partial charge on any atom is 0.200 e. The second-order valence-electron chi connectivity index (χ2n) is 11.3. The van der Waals surface area contributed by atoms with Gasteiger partial charge in [-0.15, -0.1) is 16.4 Å². The molecule has 0 aliphatic carbocycles. The van der Waals surface area contributed by atoms with Gasteiger partial charge in [0.15, 0.2) is 52.4 Å². The van der Waals surface area contributed by atoms with Crippen molar-refractivity contribution < 1.29 is 65.9 Å². The lowest BCUT2D eigenvalue weighted by atomic mass is 9.16. The Morgan fingerprint density at radius 1 is 0.381 bits per heavy atom. The number of hydrogen-bond acceptors (Lipinski definition) is 0. The Labute approximate surface area is 229 Å². The molecule has 0 atom stereocenters. The van der Waals surface area contributed by atoms with Crippen molar-refractivity contribution in [2.45, 2.75) is 44.8 Å². The van der Waals surface area contributed by atoms with E-state index in [-0.39, 0.29) is 0 Å². The minimum atomic E-state index is -5.51. The molecule has 0 fully saturated rings. The average molecular weight is 641 g/mol. The van der Waals surface area contributed by atoms with Crippen molar-refractivity contribution in [3.8, 4) is 0 Å². The van der Waals surface area contributed by atoms with Gasteiger partial charge in [-0.1, -0.05) is 33.9 Å². The summed E-state index contributed by atoms with van der Waals surface area (Å²) in [5, 5.41) is -1.25. The van der Waals surface area contributed by atoms with E-state index in [1.165, 1.54) is 20.8 Å². The van der Waals surface area contributed by atoms with Crippen LogP contribution in [-0.4, -0.2) is 14.2 Å². The third-order valence-electron chi connectivity index (χ3n) is 8.06. The summed E-state index contributed by atoms with van der Waals surface area (Å²) in [6, 6.07) is 0. The first-order chi connectivity index (χ1) is 19.0. The van der Waals surface area contributed by atoms with Gasteiger partial charge in [-0.05, 0) is 5.04 Å². The third kappa shape index (κ3) is 4.58. The summed E-state index contributed by atoms with van der Waals surface area (Å²) in [5.74, 6) is -46.2. The number of halogens is 15. The van der Waals surface area contributed by atoms with Gasteiger partial charge in [0.2, 0.25) is 0 Å². The Kier molecular flexibility index (Phi) is 8.39. The highest BCUT2D eigenvalue weighted by atomic mass is 28.3. The molecule has 230 valence electrons. The summed E-state index contributed by atoms with van der Waals surface area (Å²) in [4.78, 5) is 0. The van der Waals surface area contributed by atoms with Crippen LogP contribution in [0.5, 0.6) is 0 Å². The summed E-state index contributed by atoms with van der Waals surface area (Å²) < 4.78 is 223. The topological polar surface area (TPSA) is 0 Å². The average Bonchev–Trinajstić information content (AvgIpc) is 2.90. The molecule has 42 heavy (non-hydrogen) atoms. The quantitative estimate of drug-likeness (QED) is 0.119. The minimum absolute atomic E-state index is 1.16. The molecule has 0 aromatic heterocycles. The third-order valence-corrected chi connectivity index (χ3v) is 13.8. The van der Waals surface area contributed by atoms with Crippen molar-refractivity contribution in [3.05, 3.63) is 87.3 Å². The molecule has 3 rings (SSSR count). The zero-order valence-electron chi connectivity index (χ0n) is 22.0. The van der Waals surface area contributed by atoms with Crippen molar-refractivity contribution in [2.24, 2.45) is 0 Å². The van der Waals surface area contributed by atoms with E-state index < -0.39 is 129 Å². The largest absolute Gasteiger partial charge is 0.207 e. The molecule has 0 saturated heterocycles. The lowest BCUT2D eigenvalue weighted by Crippen LogP contribution is -2.75. The van der Waals surface area contributed by atoms with Crippen LogP contribution in [0.25, 0.3) is 0 Å². The van der Waals surface area contributed by atoms with E-state index in [2.05, 4.69) is 0 Å². The Bertz CT molecular complexity index is 1370. The molecular weight excluding hydrogens is 624 g/mol. The fourth-order valence-electron chi connectivity index (χ4n) is 4.97. The van der Waals surface area contributed by atoms with E-state index >= 15 is 26.3 Å². The molecular formula is C25H17BF15Si-. The second kappa shape index (κ2) is 10.6. The molecule has 0 saturated carbocycles. The Morgan fingerprint density at radius 3 is 0.714 bits per heavy atom. The molecule has 0 amide bonds. The van der Waals surface area contributed by atoms with E-state index in [1.54, 1.807) is 0 Å². The van der Waals surface area contributed by atoms with Gasteiger partial charge in [-0.25, -0.2) is 65.9 Å². The van der Waals surface area contributed by atoms with Gasteiger partial charge in [0.25, 0.3) is 0 Å². The van der Waals surface area contributed by atoms with Crippen LogP contribution >= 0.6 is 0 Å². The molecule has 17 heteroatoms. The molecule has 0 N–H and O–H groups in total. The molecule has 0 aliphatic heterocycles. The van der Waals surface area contributed by atoms with Gasteiger partial charge >= 0.3 is 0 Å². The summed E-state index contributed by atoms with van der Waals surface area (Å²) >= 11 is 0. The van der Waals surface area contributed by atoms with Crippen LogP contribution in [0, 0.1) is 87.3 Å². The molecule has 0 aliphatic rings. The zero-order chi connectivity index (χ0) is 32.6. The van der Waals surface area contributed by atoms with Crippen LogP contribution in [0.1, 0.15) is 20.8 Å². The lowest BCUT2D eigenvalue weighted by Gasteiger charge is -2.51. The molecule has 3 aromatic carbocycles. The highest BCUT2D eigenvalue weighted by molar-refractivity contribution is 7.18. The maximum atomic E-state index is 15.5. The van der Waals surface area contributed by atoms with Gasteiger partial charge in [0, 0.05) is 8.07 Å². The van der Waals surface area contributed by atoms with Crippen LogP contribution in [0.15, 0.2) is 0 Å². The SMILES string of the molecule is CC(C)(C)[Si](C)(C)C[B-](c1c(F)c(F)c(F)c(F)c1F)(c1c(F)c(F)c(F)c(F)c1F)c1c(F)c(F)c(F)c(F)c1F. The Morgan fingerprint density at radius 2 is 0.548 bits per heavy atom. The van der Waals surface area contributed by atoms with Crippen molar-refractivity contribution in [1.82, 2.24) is 0 Å². The second-order valence-corrected chi connectivity index (χ2v) is 17.0. The van der Waals surface area contributed by atoms with Crippen LogP contribution < -0.4 is 16.4 Å². The minimum Gasteiger partial charge on any atom is -0.207 e. The Hall–Kier alpha value is -3.11. The fourth-order valence-corrected chi connectivity index (χ4v) is 7.73. The van der Waals surface area contributed by atoms with Crippen LogP contribution in [0.2, 0.25) is 24.1 Å². The number of rotatable bonds is 5. The molecule has 0 radical (unpaired) electrons. The molecule has 0 spiro atoms. The molecule has 0 heterocycles. The lowest BCUT2D eigenvalue weighted by molar-refractivity contribution is 0.379. The molecule has 3 aromatic rings. The van der Waals surface area contributed by atoms with Gasteiger partial charge in [0.1, 0.15) is 41.0 Å². The van der Waals surface area contributed by atoms with Gasteiger partial charge in [-0.3, -0.25) is 0 Å². The Balaban J connectivity index is 2.96. The first-order valence-electron chi connectivity index (χ1n) is 11.7.